The Morgan fingerprint density at radius 2 is 1.38 bits per heavy atom. The molecular formula is C18H23N2S+. The van der Waals surface area contributed by atoms with Crippen LogP contribution in [0.5, 0.6) is 0 Å². The van der Waals surface area contributed by atoms with E-state index in [1.54, 1.807) is 0 Å². The van der Waals surface area contributed by atoms with Crippen LogP contribution in [0, 0.1) is 0 Å². The lowest BCUT2D eigenvalue weighted by atomic mass is 10.2. The van der Waals surface area contributed by atoms with Crippen LogP contribution in [0.15, 0.2) is 58.3 Å². The summed E-state index contributed by atoms with van der Waals surface area (Å²) in [5, 5.41) is 0. The van der Waals surface area contributed by atoms with Crippen molar-refractivity contribution in [2.45, 2.75) is 16.2 Å². The summed E-state index contributed by atoms with van der Waals surface area (Å²) in [6.07, 6.45) is 1.19. The van der Waals surface area contributed by atoms with Gasteiger partial charge >= 0.3 is 0 Å². The van der Waals surface area contributed by atoms with E-state index >= 15 is 0 Å². The zero-order chi connectivity index (χ0) is 14.9. The maximum Gasteiger partial charge on any atom is 0.0797 e. The molecule has 1 heterocycles. The Balaban J connectivity index is 1.88. The predicted octanol–water partition coefficient (Wildman–Crippen LogP) is 4.39. The van der Waals surface area contributed by atoms with Crippen LogP contribution in [0.3, 0.4) is 0 Å². The van der Waals surface area contributed by atoms with Gasteiger partial charge in [0.05, 0.1) is 39.1 Å². The van der Waals surface area contributed by atoms with Gasteiger partial charge < -0.3 is 9.38 Å². The minimum atomic E-state index is 1.02. The van der Waals surface area contributed by atoms with E-state index in [2.05, 4.69) is 74.6 Å². The highest BCUT2D eigenvalue weighted by molar-refractivity contribution is 7.99. The number of hydrogen-bond acceptors (Lipinski definition) is 2. The summed E-state index contributed by atoms with van der Waals surface area (Å²) in [6, 6.07) is 17.5. The van der Waals surface area contributed by atoms with Gasteiger partial charge in [-0.25, -0.2) is 0 Å². The standard InChI is InChI=1S/C18H23N2S/c1-20(2,3)14-8-13-19-15-9-4-6-11-17(15)21-18-12-7-5-10-16(18)19/h4-7,9-12H,8,13-14H2,1-3H3/q+1. The van der Waals surface area contributed by atoms with Gasteiger partial charge in [-0.3, -0.25) is 0 Å². The van der Waals surface area contributed by atoms with Gasteiger partial charge in [0, 0.05) is 22.8 Å². The molecule has 2 nitrogen and oxygen atoms in total. The number of nitrogens with zero attached hydrogens (tertiary/aromatic N) is 2. The third kappa shape index (κ3) is 3.25. The topological polar surface area (TPSA) is 3.24 Å². The minimum Gasteiger partial charge on any atom is -0.339 e. The summed E-state index contributed by atoms with van der Waals surface area (Å²) in [7, 11) is 6.77. The molecule has 0 spiro atoms. The molecule has 0 N–H and O–H groups in total. The number of rotatable bonds is 4. The van der Waals surface area contributed by atoms with Crippen molar-refractivity contribution < 1.29 is 4.48 Å². The Bertz CT molecular complexity index is 586. The molecule has 1 aliphatic heterocycles. The lowest BCUT2D eigenvalue weighted by Gasteiger charge is -2.33. The van der Waals surface area contributed by atoms with Gasteiger partial charge in [-0.1, -0.05) is 36.0 Å². The molecule has 110 valence electrons. The summed E-state index contributed by atoms with van der Waals surface area (Å²) >= 11 is 1.88. The van der Waals surface area contributed by atoms with Crippen LogP contribution in [0.25, 0.3) is 0 Å². The van der Waals surface area contributed by atoms with Crippen molar-refractivity contribution in [1.29, 1.82) is 0 Å². The Morgan fingerprint density at radius 1 is 0.857 bits per heavy atom. The number of benzene rings is 2. The van der Waals surface area contributed by atoms with Gasteiger partial charge in [0.15, 0.2) is 0 Å². The second kappa shape index (κ2) is 5.74. The Labute approximate surface area is 132 Å². The molecule has 0 atom stereocenters. The zero-order valence-corrected chi connectivity index (χ0v) is 13.9. The molecule has 21 heavy (non-hydrogen) atoms. The zero-order valence-electron chi connectivity index (χ0n) is 13.0. The first-order valence-electron chi connectivity index (χ1n) is 7.48. The maximum absolute atomic E-state index is 2.48. The van der Waals surface area contributed by atoms with E-state index in [1.165, 1.54) is 34.1 Å². The molecule has 0 unspecified atom stereocenters. The van der Waals surface area contributed by atoms with E-state index in [1.807, 2.05) is 11.8 Å². The van der Waals surface area contributed by atoms with E-state index in [-0.39, 0.29) is 0 Å². The molecule has 1 aliphatic rings. The molecular weight excluding hydrogens is 276 g/mol. The molecule has 3 rings (SSSR count). The number of para-hydroxylation sites is 2. The van der Waals surface area contributed by atoms with E-state index < -0.39 is 0 Å². The van der Waals surface area contributed by atoms with Crippen molar-refractivity contribution >= 4 is 23.1 Å². The van der Waals surface area contributed by atoms with Gasteiger partial charge in [-0.2, -0.15) is 0 Å². The van der Waals surface area contributed by atoms with Crippen molar-refractivity contribution in [2.75, 3.05) is 39.1 Å². The van der Waals surface area contributed by atoms with E-state index in [9.17, 15) is 0 Å². The Hall–Kier alpha value is -1.45. The van der Waals surface area contributed by atoms with Crippen molar-refractivity contribution in [1.82, 2.24) is 0 Å². The average molecular weight is 299 g/mol. The second-order valence-electron chi connectivity index (χ2n) is 6.56. The van der Waals surface area contributed by atoms with Gasteiger partial charge in [0.1, 0.15) is 0 Å². The fourth-order valence-electron chi connectivity index (χ4n) is 2.73. The van der Waals surface area contributed by atoms with Crippen LogP contribution < -0.4 is 4.90 Å². The first kappa shape index (κ1) is 14.5. The molecule has 0 aromatic heterocycles. The largest absolute Gasteiger partial charge is 0.339 e. The van der Waals surface area contributed by atoms with Gasteiger partial charge in [-0.05, 0) is 24.3 Å². The van der Waals surface area contributed by atoms with Gasteiger partial charge in [-0.15, -0.1) is 0 Å². The fraction of sp³-hybridized carbons (Fsp3) is 0.333. The molecule has 3 heteroatoms. The average Bonchev–Trinajstić information content (AvgIpc) is 2.45. The summed E-state index contributed by atoms with van der Waals surface area (Å²) in [5.74, 6) is 0. The Kier molecular flexibility index (Phi) is 3.96. The molecule has 2 aromatic rings. The third-order valence-electron chi connectivity index (χ3n) is 3.74. The number of quaternary nitrogens is 1. The third-order valence-corrected chi connectivity index (χ3v) is 4.87. The minimum absolute atomic E-state index is 1.02. The van der Waals surface area contributed by atoms with E-state index in [0.717, 1.165) is 11.0 Å². The highest BCUT2D eigenvalue weighted by Gasteiger charge is 2.22. The first-order chi connectivity index (χ1) is 10.0. The second-order valence-corrected chi connectivity index (χ2v) is 7.64. The quantitative estimate of drug-likeness (QED) is 0.771. The summed E-state index contributed by atoms with van der Waals surface area (Å²) in [5.41, 5.74) is 2.70. The molecule has 0 saturated carbocycles. The summed E-state index contributed by atoms with van der Waals surface area (Å²) < 4.78 is 1.02. The molecule has 0 radical (unpaired) electrons. The predicted molar refractivity (Wildman–Crippen MR) is 91.5 cm³/mol. The monoisotopic (exact) mass is 299 g/mol. The highest BCUT2D eigenvalue weighted by atomic mass is 32.2. The van der Waals surface area contributed by atoms with Crippen molar-refractivity contribution in [3.8, 4) is 0 Å². The number of hydrogen-bond donors (Lipinski definition) is 0. The van der Waals surface area contributed by atoms with E-state index in [4.69, 9.17) is 0 Å². The number of fused-ring (bicyclic) bond motifs is 2. The fourth-order valence-corrected chi connectivity index (χ4v) is 3.82. The van der Waals surface area contributed by atoms with Crippen LogP contribution in [0.4, 0.5) is 11.4 Å². The molecule has 0 fully saturated rings. The smallest absolute Gasteiger partial charge is 0.0797 e. The molecule has 0 amide bonds. The molecule has 0 bridgehead atoms. The van der Waals surface area contributed by atoms with Crippen LogP contribution >= 0.6 is 11.8 Å². The van der Waals surface area contributed by atoms with Gasteiger partial charge in [0.25, 0.3) is 0 Å². The van der Waals surface area contributed by atoms with E-state index in [0.29, 0.717) is 0 Å². The molecule has 2 aromatic carbocycles. The van der Waals surface area contributed by atoms with Crippen molar-refractivity contribution in [3.63, 3.8) is 0 Å². The SMILES string of the molecule is C[N+](C)(C)CCCN1c2ccccc2Sc2ccccc21. The summed E-state index contributed by atoms with van der Waals surface area (Å²) in [6.45, 7) is 2.26. The van der Waals surface area contributed by atoms with Crippen LogP contribution in [-0.2, 0) is 0 Å². The lowest BCUT2D eigenvalue weighted by molar-refractivity contribution is -0.870. The van der Waals surface area contributed by atoms with Crippen LogP contribution in [-0.4, -0.2) is 38.7 Å². The van der Waals surface area contributed by atoms with Crippen molar-refractivity contribution in [3.05, 3.63) is 48.5 Å². The number of anilines is 2. The Morgan fingerprint density at radius 3 is 1.90 bits per heavy atom. The van der Waals surface area contributed by atoms with Crippen molar-refractivity contribution in [2.24, 2.45) is 0 Å². The van der Waals surface area contributed by atoms with Crippen LogP contribution in [0.1, 0.15) is 6.42 Å². The first-order valence-corrected chi connectivity index (χ1v) is 8.30. The maximum atomic E-state index is 2.48. The highest BCUT2D eigenvalue weighted by Crippen LogP contribution is 2.47. The molecule has 0 aliphatic carbocycles. The van der Waals surface area contributed by atoms with Gasteiger partial charge in [0.2, 0.25) is 0 Å². The lowest BCUT2D eigenvalue weighted by Crippen LogP contribution is -2.37. The summed E-state index contributed by atoms with van der Waals surface area (Å²) in [4.78, 5) is 5.21. The van der Waals surface area contributed by atoms with Crippen LogP contribution in [0.2, 0.25) is 0 Å². The normalized spacial score (nSPS) is 13.8. The molecule has 0 saturated heterocycles.